The molecule has 0 aliphatic rings. The highest BCUT2D eigenvalue weighted by atomic mass is 79.9. The van der Waals surface area contributed by atoms with Crippen LogP contribution in [0, 0.1) is 6.92 Å². The number of hydrogen-bond acceptors (Lipinski definition) is 16. The number of aryl methyl sites for hydroxylation is 1. The molecule has 9 aromatic heterocycles. The molecule has 18 heteroatoms. The maximum Gasteiger partial charge on any atom is 0.181 e. The first-order valence-electron chi connectivity index (χ1n) is 18.1. The minimum Gasteiger partial charge on any atom is -0.395 e. The van der Waals surface area contributed by atoms with Gasteiger partial charge in [0.25, 0.3) is 0 Å². The van der Waals surface area contributed by atoms with Gasteiger partial charge in [-0.25, -0.2) is 29.9 Å². The molecular weight excluding hydrogens is 945 g/mol. The molecule has 0 aliphatic carbocycles. The summed E-state index contributed by atoms with van der Waals surface area (Å²) in [5.41, 5.74) is 18.0. The average molecular weight is 977 g/mol. The summed E-state index contributed by atoms with van der Waals surface area (Å²) in [6.07, 6.45) is 5.16. The first-order chi connectivity index (χ1) is 29.3. The third-order valence-corrected chi connectivity index (χ3v) is 13.8. The molecule has 0 radical (unpaired) electrons. The number of nitrogens with two attached hydrogens (primary N) is 2. The number of rotatable bonds is 7. The highest BCUT2D eigenvalue weighted by Crippen LogP contribution is 2.39. The smallest absolute Gasteiger partial charge is 0.181 e. The monoisotopic (exact) mass is 974 g/mol. The second-order valence-electron chi connectivity index (χ2n) is 12.7. The molecule has 1 aromatic carbocycles. The summed E-state index contributed by atoms with van der Waals surface area (Å²) in [6.45, 7) is 2.49. The van der Waals surface area contributed by atoms with Crippen LogP contribution < -0.4 is 16.8 Å². The maximum atomic E-state index is 9.21. The zero-order chi connectivity index (χ0) is 41.6. The number of halogens is 2. The molecule has 9 heterocycles. The van der Waals surface area contributed by atoms with Crippen LogP contribution >= 0.6 is 65.9 Å². The molecule has 10 aromatic rings. The number of thiophene rings is 3. The summed E-state index contributed by atoms with van der Waals surface area (Å²) in [5.74, 6) is 3.40. The molecule has 0 amide bonds. The van der Waals surface area contributed by atoms with E-state index in [9.17, 15) is 5.11 Å². The van der Waals surface area contributed by atoms with Crippen LogP contribution in [0.1, 0.15) is 4.88 Å². The van der Waals surface area contributed by atoms with Crippen molar-refractivity contribution >= 4 is 114 Å². The lowest BCUT2D eigenvalue weighted by Gasteiger charge is -2.09. The van der Waals surface area contributed by atoms with E-state index in [-0.39, 0.29) is 6.61 Å². The molecule has 13 nitrogen and oxygen atoms in total. The minimum absolute atomic E-state index is 0.0369. The maximum absolute atomic E-state index is 9.21. The third-order valence-electron chi connectivity index (χ3n) is 8.67. The Kier molecular flexibility index (Phi) is 12.7. The SMILES string of the molecule is Cc1sc2c(N)nc(-c3ccccn3)nc2c1Br.Nc1nc(-c2ccccn2)nc2c(Br)csc12.OCCNc1nc(-c2ccccn2)nc2scc(-c3ccccc3)c12. The van der Waals surface area contributed by atoms with Gasteiger partial charge in [0.15, 0.2) is 17.5 Å². The molecule has 10 rings (SSSR count). The van der Waals surface area contributed by atoms with Gasteiger partial charge in [0.1, 0.15) is 50.4 Å². The van der Waals surface area contributed by atoms with Crippen LogP contribution in [0.25, 0.3) is 76.3 Å². The van der Waals surface area contributed by atoms with Crippen LogP contribution in [0.15, 0.2) is 123 Å². The Morgan fingerprint density at radius 2 is 1.20 bits per heavy atom. The Hall–Kier alpha value is -5.89. The predicted molar refractivity (Wildman–Crippen MR) is 252 cm³/mol. The van der Waals surface area contributed by atoms with Crippen molar-refractivity contribution in [3.8, 4) is 45.7 Å². The van der Waals surface area contributed by atoms with Gasteiger partial charge >= 0.3 is 0 Å². The number of aromatic nitrogens is 9. The molecule has 0 bridgehead atoms. The fourth-order valence-electron chi connectivity index (χ4n) is 5.90. The average Bonchev–Trinajstić information content (AvgIpc) is 3.99. The molecule has 60 heavy (non-hydrogen) atoms. The first kappa shape index (κ1) is 40.9. The number of pyridine rings is 3. The van der Waals surface area contributed by atoms with Crippen LogP contribution in [0.3, 0.4) is 0 Å². The summed E-state index contributed by atoms with van der Waals surface area (Å²) in [6, 6.07) is 27.1. The lowest BCUT2D eigenvalue weighted by molar-refractivity contribution is 0.311. The van der Waals surface area contributed by atoms with Crippen molar-refractivity contribution in [3.63, 3.8) is 0 Å². The number of aliphatic hydroxyl groups excluding tert-OH is 1. The van der Waals surface area contributed by atoms with Gasteiger partial charge in [-0.3, -0.25) is 15.0 Å². The van der Waals surface area contributed by atoms with Gasteiger partial charge in [-0.15, -0.1) is 34.0 Å². The molecule has 0 atom stereocenters. The van der Waals surface area contributed by atoms with E-state index in [0.29, 0.717) is 35.7 Å². The number of fused-ring (bicyclic) bond motifs is 3. The quantitative estimate of drug-likeness (QED) is 0.118. The summed E-state index contributed by atoms with van der Waals surface area (Å²) in [5, 5.41) is 17.5. The van der Waals surface area contributed by atoms with E-state index < -0.39 is 0 Å². The Labute approximate surface area is 372 Å². The van der Waals surface area contributed by atoms with Crippen LogP contribution in [0.2, 0.25) is 0 Å². The lowest BCUT2D eigenvalue weighted by atomic mass is 10.1. The van der Waals surface area contributed by atoms with Gasteiger partial charge in [-0.1, -0.05) is 48.5 Å². The minimum atomic E-state index is 0.0369. The second kappa shape index (κ2) is 18.6. The Bertz CT molecular complexity index is 3040. The highest BCUT2D eigenvalue weighted by molar-refractivity contribution is 9.11. The van der Waals surface area contributed by atoms with Crippen molar-refractivity contribution in [1.82, 2.24) is 44.9 Å². The van der Waals surface area contributed by atoms with E-state index >= 15 is 0 Å². The number of anilines is 3. The first-order valence-corrected chi connectivity index (χ1v) is 22.3. The fourth-order valence-corrected chi connectivity index (χ4v) is 9.86. The highest BCUT2D eigenvalue weighted by Gasteiger charge is 2.18. The van der Waals surface area contributed by atoms with Crippen molar-refractivity contribution in [1.29, 1.82) is 0 Å². The van der Waals surface area contributed by atoms with Crippen molar-refractivity contribution in [2.75, 3.05) is 29.9 Å². The van der Waals surface area contributed by atoms with Crippen LogP contribution in [-0.4, -0.2) is 63.1 Å². The van der Waals surface area contributed by atoms with E-state index in [1.54, 1.807) is 41.3 Å². The topological polar surface area (TPSA) is 200 Å². The van der Waals surface area contributed by atoms with Gasteiger partial charge in [0.05, 0.1) is 30.3 Å². The molecule has 0 aliphatic heterocycles. The summed E-state index contributed by atoms with van der Waals surface area (Å²) >= 11 is 11.7. The largest absolute Gasteiger partial charge is 0.395 e. The molecule has 0 saturated heterocycles. The van der Waals surface area contributed by atoms with E-state index in [1.807, 2.05) is 85.1 Å². The van der Waals surface area contributed by atoms with Crippen molar-refractivity contribution in [2.24, 2.45) is 0 Å². The fraction of sp³-hybridized carbons (Fsp3) is 0.0714. The van der Waals surface area contributed by atoms with Crippen molar-refractivity contribution < 1.29 is 5.11 Å². The van der Waals surface area contributed by atoms with Gasteiger partial charge in [0, 0.05) is 46.3 Å². The summed E-state index contributed by atoms with van der Waals surface area (Å²) in [7, 11) is 0. The van der Waals surface area contributed by atoms with Gasteiger partial charge in [-0.2, -0.15) is 0 Å². The summed E-state index contributed by atoms with van der Waals surface area (Å²) < 4.78 is 3.73. The van der Waals surface area contributed by atoms with Crippen molar-refractivity contribution in [3.05, 3.63) is 128 Å². The van der Waals surface area contributed by atoms with Gasteiger partial charge in [0.2, 0.25) is 0 Å². The van der Waals surface area contributed by atoms with Crippen LogP contribution in [0.4, 0.5) is 17.5 Å². The number of aliphatic hydroxyl groups is 1. The number of benzene rings is 1. The summed E-state index contributed by atoms with van der Waals surface area (Å²) in [4.78, 5) is 41.8. The Balaban J connectivity index is 0.000000128. The van der Waals surface area contributed by atoms with E-state index in [2.05, 4.69) is 94.6 Å². The Morgan fingerprint density at radius 1 is 0.633 bits per heavy atom. The number of nitrogens with zero attached hydrogens (tertiary/aromatic N) is 9. The van der Waals surface area contributed by atoms with E-state index in [0.717, 1.165) is 78.5 Å². The molecule has 298 valence electrons. The number of hydrogen-bond donors (Lipinski definition) is 4. The molecular formula is C42H32Br2N12OS3. The molecule has 0 unspecified atom stereocenters. The number of nitrogen functional groups attached to an aromatic ring is 2. The predicted octanol–water partition coefficient (Wildman–Crippen LogP) is 10.3. The van der Waals surface area contributed by atoms with E-state index in [1.165, 1.54) is 11.3 Å². The normalized spacial score (nSPS) is 10.9. The van der Waals surface area contributed by atoms with Crippen LogP contribution in [-0.2, 0) is 0 Å². The zero-order valence-electron chi connectivity index (χ0n) is 31.5. The molecule has 0 saturated carbocycles. The van der Waals surface area contributed by atoms with Crippen LogP contribution in [0.5, 0.6) is 0 Å². The molecule has 0 fully saturated rings. The number of nitrogens with one attached hydrogen (secondary N) is 1. The van der Waals surface area contributed by atoms with Gasteiger partial charge in [-0.05, 0) is 80.7 Å². The molecule has 0 spiro atoms. The van der Waals surface area contributed by atoms with Gasteiger partial charge < -0.3 is 21.9 Å². The molecule has 6 N–H and O–H groups in total. The third kappa shape index (κ3) is 8.84. The second-order valence-corrected chi connectivity index (χ2v) is 17.3. The lowest BCUT2D eigenvalue weighted by Crippen LogP contribution is -2.08. The zero-order valence-corrected chi connectivity index (χ0v) is 37.1. The standard InChI is InChI=1S/C19H16N4OS.C12H9BrN4S.C11H7BrN4S/c24-11-10-21-18-16-14(13-6-2-1-3-7-13)12-25-19(16)23-17(22-18)15-8-4-5-9-20-15;1-6-8(13)9-10(18-6)11(14)17-12(16-9)7-4-2-3-5-15-7;12-6-5-17-9-8(6)15-11(16-10(9)13)7-3-1-2-4-14-7/h1-9,12,24H,10-11H2,(H,21,22,23);2-5H,1H3,(H2,14,16,17);1-5H,(H2,13,15,16). The van der Waals surface area contributed by atoms with Crippen molar-refractivity contribution in [2.45, 2.75) is 6.92 Å². The Morgan fingerprint density at radius 3 is 1.78 bits per heavy atom. The van der Waals surface area contributed by atoms with E-state index in [4.69, 9.17) is 16.5 Å².